The predicted molar refractivity (Wildman–Crippen MR) is 110 cm³/mol. The highest BCUT2D eigenvalue weighted by Crippen LogP contribution is 2.39. The van der Waals surface area contributed by atoms with Crippen LogP contribution >= 0.6 is 11.3 Å². The van der Waals surface area contributed by atoms with Gasteiger partial charge in [-0.2, -0.15) is 0 Å². The number of carbonyl (C=O) groups excluding carboxylic acids is 2. The zero-order chi connectivity index (χ0) is 19.5. The van der Waals surface area contributed by atoms with Crippen LogP contribution in [-0.4, -0.2) is 11.8 Å². The molecule has 28 heavy (non-hydrogen) atoms. The molecule has 5 nitrogen and oxygen atoms in total. The number of anilines is 1. The Hall–Kier alpha value is -2.86. The van der Waals surface area contributed by atoms with E-state index in [4.69, 9.17) is 4.42 Å². The van der Waals surface area contributed by atoms with E-state index in [0.717, 1.165) is 24.8 Å². The van der Waals surface area contributed by atoms with Gasteiger partial charge in [0.2, 0.25) is 0 Å². The third-order valence-corrected chi connectivity index (χ3v) is 6.17. The van der Waals surface area contributed by atoms with E-state index in [1.165, 1.54) is 16.2 Å². The summed E-state index contributed by atoms with van der Waals surface area (Å²) in [6, 6.07) is 12.7. The number of furan rings is 1. The van der Waals surface area contributed by atoms with Crippen molar-refractivity contribution in [2.24, 2.45) is 5.92 Å². The number of thiophene rings is 1. The maximum Gasteiger partial charge on any atom is 0.256 e. The van der Waals surface area contributed by atoms with Gasteiger partial charge in [-0.3, -0.25) is 9.59 Å². The van der Waals surface area contributed by atoms with E-state index in [0.29, 0.717) is 34.4 Å². The molecule has 0 saturated carbocycles. The fourth-order valence-corrected chi connectivity index (χ4v) is 4.92. The molecular weight excluding hydrogens is 372 g/mol. The molecular formula is C22H22N2O3S. The molecule has 0 aliphatic heterocycles. The van der Waals surface area contributed by atoms with E-state index in [2.05, 4.69) is 17.6 Å². The lowest BCUT2D eigenvalue weighted by molar-refractivity contribution is 0.0948. The molecule has 2 N–H and O–H groups in total. The minimum atomic E-state index is -0.202. The van der Waals surface area contributed by atoms with Gasteiger partial charge in [0.25, 0.3) is 11.8 Å². The normalized spacial score (nSPS) is 15.7. The van der Waals surface area contributed by atoms with Crippen molar-refractivity contribution in [1.29, 1.82) is 0 Å². The van der Waals surface area contributed by atoms with Crippen molar-refractivity contribution in [3.8, 4) is 0 Å². The molecule has 0 saturated heterocycles. The third kappa shape index (κ3) is 3.87. The predicted octanol–water partition coefficient (Wildman–Crippen LogP) is 4.65. The Morgan fingerprint density at radius 1 is 1.14 bits per heavy atom. The largest absolute Gasteiger partial charge is 0.467 e. The Morgan fingerprint density at radius 2 is 1.96 bits per heavy atom. The van der Waals surface area contributed by atoms with E-state index < -0.39 is 0 Å². The number of benzene rings is 1. The summed E-state index contributed by atoms with van der Waals surface area (Å²) >= 11 is 1.52. The standard InChI is InChI=1S/C22H22N2O3S/c1-14-9-10-17-18(12-14)28-22(24-20(25)15-6-3-2-4-7-15)19(17)21(26)23-13-16-8-5-11-27-16/h2-8,11,14H,9-10,12-13H2,1H3,(H,23,26)(H,24,25). The van der Waals surface area contributed by atoms with E-state index >= 15 is 0 Å². The van der Waals surface area contributed by atoms with Gasteiger partial charge in [-0.15, -0.1) is 11.3 Å². The first-order valence-corrected chi connectivity index (χ1v) is 10.2. The Labute approximate surface area is 167 Å². The van der Waals surface area contributed by atoms with Crippen LogP contribution in [0.25, 0.3) is 0 Å². The highest BCUT2D eigenvalue weighted by molar-refractivity contribution is 7.17. The van der Waals surface area contributed by atoms with Crippen LogP contribution in [0, 0.1) is 5.92 Å². The molecule has 2 heterocycles. The van der Waals surface area contributed by atoms with Crippen LogP contribution in [-0.2, 0) is 19.4 Å². The number of amides is 2. The topological polar surface area (TPSA) is 71.3 Å². The molecule has 6 heteroatoms. The van der Waals surface area contributed by atoms with Crippen LogP contribution in [0.2, 0.25) is 0 Å². The smallest absolute Gasteiger partial charge is 0.256 e. The molecule has 1 aliphatic carbocycles. The van der Waals surface area contributed by atoms with Crippen molar-refractivity contribution in [2.75, 3.05) is 5.32 Å². The molecule has 1 aromatic carbocycles. The van der Waals surface area contributed by atoms with Gasteiger partial charge >= 0.3 is 0 Å². The number of hydrogen-bond acceptors (Lipinski definition) is 4. The molecule has 1 atom stereocenters. The van der Waals surface area contributed by atoms with Crippen molar-refractivity contribution in [2.45, 2.75) is 32.7 Å². The van der Waals surface area contributed by atoms with Crippen LogP contribution in [0.3, 0.4) is 0 Å². The van der Waals surface area contributed by atoms with Gasteiger partial charge in [-0.25, -0.2) is 0 Å². The maximum atomic E-state index is 13.0. The van der Waals surface area contributed by atoms with Crippen molar-refractivity contribution in [3.05, 3.63) is 76.1 Å². The second kappa shape index (κ2) is 8.02. The lowest BCUT2D eigenvalue weighted by Crippen LogP contribution is -2.25. The summed E-state index contributed by atoms with van der Waals surface area (Å²) in [7, 11) is 0. The number of nitrogens with one attached hydrogen (secondary N) is 2. The summed E-state index contributed by atoms with van der Waals surface area (Å²) in [4.78, 5) is 26.9. The zero-order valence-corrected chi connectivity index (χ0v) is 16.5. The van der Waals surface area contributed by atoms with Crippen molar-refractivity contribution < 1.29 is 14.0 Å². The molecule has 1 aliphatic rings. The molecule has 1 unspecified atom stereocenters. The maximum absolute atomic E-state index is 13.0. The van der Waals surface area contributed by atoms with Gasteiger partial charge in [0.05, 0.1) is 18.4 Å². The molecule has 0 bridgehead atoms. The summed E-state index contributed by atoms with van der Waals surface area (Å²) in [6.07, 6.45) is 4.44. The Bertz CT molecular complexity index is 977. The summed E-state index contributed by atoms with van der Waals surface area (Å²) in [5.41, 5.74) is 2.25. The minimum absolute atomic E-state index is 0.174. The van der Waals surface area contributed by atoms with Crippen molar-refractivity contribution in [1.82, 2.24) is 5.32 Å². The second-order valence-corrected chi connectivity index (χ2v) is 8.24. The van der Waals surface area contributed by atoms with Crippen LogP contribution < -0.4 is 10.6 Å². The molecule has 144 valence electrons. The molecule has 0 radical (unpaired) electrons. The number of carbonyl (C=O) groups is 2. The van der Waals surface area contributed by atoms with Gasteiger partial charge < -0.3 is 15.1 Å². The number of rotatable bonds is 5. The first-order chi connectivity index (χ1) is 13.6. The van der Waals surface area contributed by atoms with Crippen LogP contribution in [0.5, 0.6) is 0 Å². The monoisotopic (exact) mass is 394 g/mol. The molecule has 4 rings (SSSR count). The van der Waals surface area contributed by atoms with Gasteiger partial charge in [0.15, 0.2) is 0 Å². The summed E-state index contributed by atoms with van der Waals surface area (Å²) < 4.78 is 5.30. The quantitative estimate of drug-likeness (QED) is 0.662. The van der Waals surface area contributed by atoms with Gasteiger partial charge in [0.1, 0.15) is 10.8 Å². The van der Waals surface area contributed by atoms with Crippen LogP contribution in [0.4, 0.5) is 5.00 Å². The first kappa shape index (κ1) is 18.5. The van der Waals surface area contributed by atoms with Gasteiger partial charge in [-0.1, -0.05) is 25.1 Å². The molecule has 0 fully saturated rings. The van der Waals surface area contributed by atoms with Crippen molar-refractivity contribution >= 4 is 28.2 Å². The Morgan fingerprint density at radius 3 is 2.71 bits per heavy atom. The van der Waals surface area contributed by atoms with E-state index in [-0.39, 0.29) is 11.8 Å². The van der Waals surface area contributed by atoms with Gasteiger partial charge in [-0.05, 0) is 55.0 Å². The molecule has 2 aromatic heterocycles. The highest BCUT2D eigenvalue weighted by Gasteiger charge is 2.28. The van der Waals surface area contributed by atoms with Crippen LogP contribution in [0.1, 0.15) is 50.3 Å². The fraction of sp³-hybridized carbons (Fsp3) is 0.273. The number of fused-ring (bicyclic) bond motifs is 1. The molecule has 3 aromatic rings. The van der Waals surface area contributed by atoms with E-state index in [1.807, 2.05) is 24.3 Å². The van der Waals surface area contributed by atoms with Crippen LogP contribution in [0.15, 0.2) is 53.1 Å². The van der Waals surface area contributed by atoms with E-state index in [1.54, 1.807) is 24.5 Å². The minimum Gasteiger partial charge on any atom is -0.467 e. The Kier molecular flexibility index (Phi) is 5.30. The van der Waals surface area contributed by atoms with Gasteiger partial charge in [0, 0.05) is 10.4 Å². The third-order valence-electron chi connectivity index (χ3n) is 5.01. The zero-order valence-electron chi connectivity index (χ0n) is 15.7. The lowest BCUT2D eigenvalue weighted by Gasteiger charge is -2.18. The summed E-state index contributed by atoms with van der Waals surface area (Å²) in [6.45, 7) is 2.54. The number of hydrogen-bond donors (Lipinski definition) is 2. The molecule has 0 spiro atoms. The lowest BCUT2D eigenvalue weighted by atomic mass is 9.88. The highest BCUT2D eigenvalue weighted by atomic mass is 32.1. The first-order valence-electron chi connectivity index (χ1n) is 9.43. The average molecular weight is 394 g/mol. The fourth-order valence-electron chi connectivity index (χ4n) is 3.51. The SMILES string of the molecule is CC1CCc2c(sc(NC(=O)c3ccccc3)c2C(=O)NCc2ccco2)C1. The molecule has 2 amide bonds. The summed E-state index contributed by atoms with van der Waals surface area (Å²) in [5, 5.41) is 6.52. The second-order valence-electron chi connectivity index (χ2n) is 7.14. The average Bonchev–Trinajstić information content (AvgIpc) is 3.34. The van der Waals surface area contributed by atoms with E-state index in [9.17, 15) is 9.59 Å². The van der Waals surface area contributed by atoms with Crippen molar-refractivity contribution in [3.63, 3.8) is 0 Å². The Balaban J connectivity index is 1.61. The summed E-state index contributed by atoms with van der Waals surface area (Å²) in [5.74, 6) is 0.906.